The Balaban J connectivity index is 0.00000225. The van der Waals surface area contributed by atoms with Crippen molar-refractivity contribution in [2.24, 2.45) is 10.3 Å². The molecule has 154 valence electrons. The average Bonchev–Trinajstić information content (AvgIpc) is 3.25. The number of hydrogen-bond donors (Lipinski definition) is 1. The van der Waals surface area contributed by atoms with Crippen molar-refractivity contribution in [2.45, 2.75) is 36.6 Å². The van der Waals surface area contributed by atoms with Crippen LogP contribution in [0.4, 0.5) is 0 Å². The van der Waals surface area contributed by atoms with Crippen molar-refractivity contribution in [1.82, 2.24) is 15.1 Å². The lowest BCUT2D eigenvalue weighted by atomic mass is 9.97. The first-order valence-corrected chi connectivity index (χ1v) is 11.1. The Hall–Kier alpha value is -1.64. The molecule has 0 radical (unpaired) electrons. The minimum absolute atomic E-state index is 0. The van der Waals surface area contributed by atoms with Gasteiger partial charge in [-0.3, -0.25) is 4.79 Å². The number of nitrogens with zero attached hydrogens (tertiary/aromatic N) is 3. The van der Waals surface area contributed by atoms with Crippen LogP contribution >= 0.6 is 12.4 Å². The van der Waals surface area contributed by atoms with Gasteiger partial charge in [-0.2, -0.15) is 8.42 Å². The maximum Gasteiger partial charge on any atom is 0.285 e. The maximum absolute atomic E-state index is 13.3. The molecule has 3 aliphatic rings. The molecule has 3 aliphatic heterocycles. The quantitative estimate of drug-likeness (QED) is 0.791. The van der Waals surface area contributed by atoms with Crippen molar-refractivity contribution in [3.05, 3.63) is 29.8 Å². The summed E-state index contributed by atoms with van der Waals surface area (Å²) in [6.45, 7) is 3.12. The predicted molar refractivity (Wildman–Crippen MR) is 110 cm³/mol. The molecule has 0 aromatic heterocycles. The summed E-state index contributed by atoms with van der Waals surface area (Å²) in [5, 5.41) is 3.21. The number of sulfonamides is 1. The van der Waals surface area contributed by atoms with Gasteiger partial charge in [0.2, 0.25) is 5.91 Å². The predicted octanol–water partition coefficient (Wildman–Crippen LogP) is 1.48. The van der Waals surface area contributed by atoms with Crippen LogP contribution in [0.5, 0.6) is 0 Å². The van der Waals surface area contributed by atoms with Gasteiger partial charge in [0.25, 0.3) is 10.0 Å². The number of amides is 1. The van der Waals surface area contributed by atoms with Crippen LogP contribution in [-0.4, -0.2) is 69.2 Å². The molecule has 2 saturated heterocycles. The second-order valence-corrected chi connectivity index (χ2v) is 9.16. The van der Waals surface area contributed by atoms with E-state index in [1.165, 1.54) is 0 Å². The highest BCUT2D eigenvalue weighted by Gasteiger charge is 2.41. The molecule has 28 heavy (non-hydrogen) atoms. The molecule has 4 rings (SSSR count). The van der Waals surface area contributed by atoms with Gasteiger partial charge in [0.05, 0.1) is 0 Å². The molecule has 9 heteroatoms. The molecule has 1 N–H and O–H groups in total. The number of piperidine rings is 1. The van der Waals surface area contributed by atoms with Crippen molar-refractivity contribution in [3.63, 3.8) is 0 Å². The SMILES string of the molecule is CNCC1CCCN(C(=O)C2CCCN2C2=NS(=O)(=O)c3ccccc32)C1.Cl. The van der Waals surface area contributed by atoms with Gasteiger partial charge in [-0.1, -0.05) is 12.1 Å². The Bertz CT molecular complexity index is 872. The lowest BCUT2D eigenvalue weighted by molar-refractivity contribution is -0.136. The number of carbonyl (C=O) groups excluding carboxylic acids is 1. The Kier molecular flexibility index (Phi) is 6.31. The van der Waals surface area contributed by atoms with Gasteiger partial charge in [0, 0.05) is 25.2 Å². The van der Waals surface area contributed by atoms with Gasteiger partial charge in [-0.05, 0) is 57.3 Å². The summed E-state index contributed by atoms with van der Waals surface area (Å²) in [4.78, 5) is 17.4. The third kappa shape index (κ3) is 3.77. The molecule has 7 nitrogen and oxygen atoms in total. The summed E-state index contributed by atoms with van der Waals surface area (Å²) < 4.78 is 28.8. The Morgan fingerprint density at radius 1 is 1.21 bits per heavy atom. The van der Waals surface area contributed by atoms with Crippen molar-refractivity contribution < 1.29 is 13.2 Å². The fourth-order valence-corrected chi connectivity index (χ4v) is 5.72. The first kappa shape index (κ1) is 21.1. The van der Waals surface area contributed by atoms with E-state index in [0.29, 0.717) is 23.9 Å². The van der Waals surface area contributed by atoms with E-state index < -0.39 is 10.0 Å². The molecule has 3 heterocycles. The first-order chi connectivity index (χ1) is 13.0. The summed E-state index contributed by atoms with van der Waals surface area (Å²) >= 11 is 0. The van der Waals surface area contributed by atoms with Crippen LogP contribution in [0.2, 0.25) is 0 Å². The molecular formula is C19H27ClN4O3S. The second kappa shape index (κ2) is 8.39. The van der Waals surface area contributed by atoms with Gasteiger partial charge >= 0.3 is 0 Å². The van der Waals surface area contributed by atoms with Crippen LogP contribution in [0.3, 0.4) is 0 Å². The fraction of sp³-hybridized carbons (Fsp3) is 0.579. The normalized spacial score (nSPS) is 25.8. The van der Waals surface area contributed by atoms with Crippen LogP contribution in [0.25, 0.3) is 0 Å². The largest absolute Gasteiger partial charge is 0.343 e. The molecule has 1 amide bonds. The molecule has 0 saturated carbocycles. The van der Waals surface area contributed by atoms with Crippen LogP contribution < -0.4 is 5.32 Å². The first-order valence-electron chi connectivity index (χ1n) is 9.65. The van der Waals surface area contributed by atoms with Gasteiger partial charge in [-0.25, -0.2) is 0 Å². The zero-order chi connectivity index (χ0) is 19.0. The van der Waals surface area contributed by atoms with Gasteiger partial charge in [0.15, 0.2) is 5.84 Å². The lowest BCUT2D eigenvalue weighted by Gasteiger charge is -2.36. The summed E-state index contributed by atoms with van der Waals surface area (Å²) in [5.41, 5.74) is 0.615. The standard InChI is InChI=1S/C19H26N4O3S.ClH/c1-20-12-14-6-4-10-22(13-14)19(24)16-8-5-11-23(16)18-15-7-2-3-9-17(15)27(25,26)21-18;/h2-3,7,9,14,16,20H,4-6,8,10-13H2,1H3;1H. The molecule has 1 aromatic carbocycles. The second-order valence-electron chi connectivity index (χ2n) is 7.59. The number of hydrogen-bond acceptors (Lipinski definition) is 5. The number of halogens is 1. The van der Waals surface area contributed by atoms with Gasteiger partial charge in [0.1, 0.15) is 10.9 Å². The van der Waals surface area contributed by atoms with Crippen LogP contribution in [0.1, 0.15) is 31.2 Å². The zero-order valence-corrected chi connectivity index (χ0v) is 17.6. The minimum atomic E-state index is -3.67. The highest BCUT2D eigenvalue weighted by Crippen LogP contribution is 2.32. The highest BCUT2D eigenvalue weighted by molar-refractivity contribution is 7.90. The number of nitrogens with one attached hydrogen (secondary N) is 1. The summed E-state index contributed by atoms with van der Waals surface area (Å²) in [6.07, 6.45) is 3.76. The number of carbonyl (C=O) groups is 1. The number of rotatable bonds is 3. The fourth-order valence-electron chi connectivity index (χ4n) is 4.50. The molecule has 0 spiro atoms. The third-order valence-electron chi connectivity index (χ3n) is 5.75. The number of benzene rings is 1. The van der Waals surface area contributed by atoms with E-state index in [0.717, 1.165) is 45.3 Å². The van der Waals surface area contributed by atoms with Crippen molar-refractivity contribution in [1.29, 1.82) is 0 Å². The van der Waals surface area contributed by atoms with Gasteiger partial charge < -0.3 is 15.1 Å². The molecular weight excluding hydrogens is 400 g/mol. The average molecular weight is 427 g/mol. The van der Waals surface area contributed by atoms with E-state index in [9.17, 15) is 13.2 Å². The van der Waals surface area contributed by atoms with Crippen LogP contribution in [0, 0.1) is 5.92 Å². The van der Waals surface area contributed by atoms with E-state index in [1.54, 1.807) is 18.2 Å². The Labute approximate surface area is 172 Å². The summed E-state index contributed by atoms with van der Waals surface area (Å²) in [6, 6.07) is 6.56. The van der Waals surface area contributed by atoms with Gasteiger partial charge in [-0.15, -0.1) is 16.8 Å². The van der Waals surface area contributed by atoms with Crippen molar-refractivity contribution in [3.8, 4) is 0 Å². The van der Waals surface area contributed by atoms with E-state index in [-0.39, 0.29) is 29.3 Å². The maximum atomic E-state index is 13.3. The third-order valence-corrected chi connectivity index (χ3v) is 7.07. The summed E-state index contributed by atoms with van der Waals surface area (Å²) in [5.74, 6) is 1.02. The topological polar surface area (TPSA) is 82.1 Å². The van der Waals surface area contributed by atoms with Crippen LogP contribution in [-0.2, 0) is 14.8 Å². The summed E-state index contributed by atoms with van der Waals surface area (Å²) in [7, 11) is -1.73. The van der Waals surface area contributed by atoms with E-state index in [4.69, 9.17) is 0 Å². The number of likely N-dealkylation sites (tertiary alicyclic amines) is 2. The molecule has 2 unspecified atom stereocenters. The Morgan fingerprint density at radius 3 is 2.75 bits per heavy atom. The molecule has 2 fully saturated rings. The van der Waals surface area contributed by atoms with E-state index in [2.05, 4.69) is 9.71 Å². The monoisotopic (exact) mass is 426 g/mol. The Morgan fingerprint density at radius 2 is 1.96 bits per heavy atom. The smallest absolute Gasteiger partial charge is 0.285 e. The van der Waals surface area contributed by atoms with Crippen molar-refractivity contribution in [2.75, 3.05) is 33.2 Å². The number of fused-ring (bicyclic) bond motifs is 1. The molecule has 0 aliphatic carbocycles. The minimum Gasteiger partial charge on any atom is -0.343 e. The van der Waals surface area contributed by atoms with E-state index >= 15 is 0 Å². The van der Waals surface area contributed by atoms with Crippen LogP contribution in [0.15, 0.2) is 33.6 Å². The highest BCUT2D eigenvalue weighted by atomic mass is 35.5. The molecule has 0 bridgehead atoms. The zero-order valence-electron chi connectivity index (χ0n) is 16.0. The van der Waals surface area contributed by atoms with Crippen molar-refractivity contribution >= 4 is 34.2 Å². The number of amidine groups is 1. The lowest BCUT2D eigenvalue weighted by Crippen LogP contribution is -2.51. The van der Waals surface area contributed by atoms with E-state index in [1.807, 2.05) is 22.9 Å². The molecule has 1 aromatic rings. The molecule has 2 atom stereocenters.